The number of amides is 2. The molecule has 0 saturated carbocycles. The number of carbonyl (C=O) groups is 2. The van der Waals surface area contributed by atoms with Crippen LogP contribution in [-0.2, 0) is 20.7 Å². The van der Waals surface area contributed by atoms with Crippen molar-refractivity contribution in [2.45, 2.75) is 51.4 Å². The van der Waals surface area contributed by atoms with Gasteiger partial charge in [0.15, 0.2) is 0 Å². The van der Waals surface area contributed by atoms with Gasteiger partial charge in [0.25, 0.3) is 0 Å². The molecule has 2 aliphatic heterocycles. The third-order valence-corrected chi connectivity index (χ3v) is 5.65. The van der Waals surface area contributed by atoms with E-state index >= 15 is 0 Å². The van der Waals surface area contributed by atoms with Crippen molar-refractivity contribution in [2.24, 2.45) is 5.92 Å². The lowest BCUT2D eigenvalue weighted by Gasteiger charge is -2.23. The molecule has 3 rings (SSSR count). The van der Waals surface area contributed by atoms with Crippen LogP contribution < -0.4 is 10.1 Å². The molecule has 6 heteroatoms. The molecule has 1 aromatic rings. The highest BCUT2D eigenvalue weighted by Crippen LogP contribution is 2.27. The molecule has 2 heterocycles. The highest BCUT2D eigenvalue weighted by Gasteiger charge is 2.16. The molecule has 28 heavy (non-hydrogen) atoms. The van der Waals surface area contributed by atoms with E-state index in [0.717, 1.165) is 68.4 Å². The van der Waals surface area contributed by atoms with Gasteiger partial charge in [0.1, 0.15) is 5.75 Å². The number of ether oxygens (including phenoxy) is 2. The zero-order valence-corrected chi connectivity index (χ0v) is 16.9. The van der Waals surface area contributed by atoms with Crippen LogP contribution in [0.1, 0.15) is 50.5 Å². The third kappa shape index (κ3) is 6.23. The van der Waals surface area contributed by atoms with Crippen LogP contribution in [-0.4, -0.2) is 50.1 Å². The molecule has 6 nitrogen and oxygen atoms in total. The van der Waals surface area contributed by atoms with Crippen molar-refractivity contribution in [1.29, 1.82) is 0 Å². The minimum Gasteiger partial charge on any atom is -0.494 e. The van der Waals surface area contributed by atoms with Crippen molar-refractivity contribution in [3.63, 3.8) is 0 Å². The Morgan fingerprint density at radius 3 is 2.89 bits per heavy atom. The lowest BCUT2D eigenvalue weighted by atomic mass is 9.95. The second-order valence-corrected chi connectivity index (χ2v) is 7.83. The van der Waals surface area contributed by atoms with Gasteiger partial charge in [-0.25, -0.2) is 0 Å². The Morgan fingerprint density at radius 2 is 2.07 bits per heavy atom. The van der Waals surface area contributed by atoms with Crippen LogP contribution in [0, 0.1) is 5.92 Å². The number of nitrogens with one attached hydrogen (secondary N) is 1. The molecule has 0 aliphatic carbocycles. The van der Waals surface area contributed by atoms with Crippen molar-refractivity contribution in [1.82, 2.24) is 4.90 Å². The van der Waals surface area contributed by atoms with Gasteiger partial charge < -0.3 is 19.7 Å². The second kappa shape index (κ2) is 10.5. The summed E-state index contributed by atoms with van der Waals surface area (Å²) in [6, 6.07) is 5.74. The maximum atomic E-state index is 12.3. The zero-order chi connectivity index (χ0) is 19.8. The summed E-state index contributed by atoms with van der Waals surface area (Å²) < 4.78 is 11.2. The maximum Gasteiger partial charge on any atom is 0.224 e. The van der Waals surface area contributed by atoms with E-state index in [0.29, 0.717) is 25.9 Å². The fraction of sp³-hybridized carbons (Fsp3) is 0.636. The van der Waals surface area contributed by atoms with Crippen molar-refractivity contribution in [3.8, 4) is 5.75 Å². The monoisotopic (exact) mass is 388 g/mol. The normalized spacial score (nSPS) is 17.0. The Balaban J connectivity index is 1.30. The summed E-state index contributed by atoms with van der Waals surface area (Å²) in [6.07, 6.45) is 7.04. The fourth-order valence-electron chi connectivity index (χ4n) is 3.83. The first-order valence-electron chi connectivity index (χ1n) is 10.5. The first-order valence-corrected chi connectivity index (χ1v) is 10.5. The van der Waals surface area contributed by atoms with Crippen molar-refractivity contribution < 1.29 is 19.1 Å². The molecular weight excluding hydrogens is 356 g/mol. The lowest BCUT2D eigenvalue weighted by Crippen LogP contribution is -2.28. The number of hydrogen-bond acceptors (Lipinski definition) is 4. The number of fused-ring (bicyclic) bond motifs is 1. The molecular formula is C22H32N2O4. The number of rotatable bonds is 9. The number of carbonyl (C=O) groups excluding carboxylic acids is 2. The summed E-state index contributed by atoms with van der Waals surface area (Å²) in [5, 5.41) is 2.87. The number of anilines is 1. The zero-order valence-electron chi connectivity index (χ0n) is 16.9. The predicted molar refractivity (Wildman–Crippen MR) is 109 cm³/mol. The van der Waals surface area contributed by atoms with E-state index in [1.807, 2.05) is 30.1 Å². The van der Waals surface area contributed by atoms with Crippen LogP contribution in [0.5, 0.6) is 5.75 Å². The molecule has 0 bridgehead atoms. The van der Waals surface area contributed by atoms with Gasteiger partial charge >= 0.3 is 0 Å². The lowest BCUT2D eigenvalue weighted by molar-refractivity contribution is -0.130. The van der Waals surface area contributed by atoms with Crippen molar-refractivity contribution in [3.05, 3.63) is 23.8 Å². The highest BCUT2D eigenvalue weighted by atomic mass is 16.5. The maximum absolute atomic E-state index is 12.3. The van der Waals surface area contributed by atoms with Gasteiger partial charge in [-0.15, -0.1) is 0 Å². The van der Waals surface area contributed by atoms with Gasteiger partial charge in [0.05, 0.1) is 6.61 Å². The molecule has 2 aliphatic rings. The Morgan fingerprint density at radius 1 is 1.25 bits per heavy atom. The Bertz CT molecular complexity index is 671. The molecule has 0 radical (unpaired) electrons. The molecule has 1 aromatic carbocycles. The molecule has 0 spiro atoms. The van der Waals surface area contributed by atoms with Gasteiger partial charge in [-0.2, -0.15) is 0 Å². The van der Waals surface area contributed by atoms with Gasteiger partial charge in [-0.1, -0.05) is 0 Å². The molecule has 0 unspecified atom stereocenters. The summed E-state index contributed by atoms with van der Waals surface area (Å²) in [5.41, 5.74) is 1.98. The van der Waals surface area contributed by atoms with Crippen LogP contribution in [0.15, 0.2) is 18.2 Å². The van der Waals surface area contributed by atoms with E-state index in [9.17, 15) is 9.59 Å². The molecule has 0 aromatic heterocycles. The fourth-order valence-corrected chi connectivity index (χ4v) is 3.83. The second-order valence-electron chi connectivity index (χ2n) is 7.83. The number of nitrogens with zero attached hydrogens (tertiary/aromatic N) is 1. The quantitative estimate of drug-likeness (QED) is 0.659. The van der Waals surface area contributed by atoms with Gasteiger partial charge in [0, 0.05) is 45.3 Å². The smallest absolute Gasteiger partial charge is 0.224 e. The van der Waals surface area contributed by atoms with E-state index in [2.05, 4.69) is 5.32 Å². The summed E-state index contributed by atoms with van der Waals surface area (Å²) in [5.74, 6) is 1.81. The molecule has 2 amide bonds. The predicted octanol–water partition coefficient (Wildman–Crippen LogP) is 3.40. The summed E-state index contributed by atoms with van der Waals surface area (Å²) in [4.78, 5) is 25.5. The molecule has 1 N–H and O–H groups in total. The number of hydrogen-bond donors (Lipinski definition) is 1. The van der Waals surface area contributed by atoms with Crippen LogP contribution >= 0.6 is 0 Å². The van der Waals surface area contributed by atoms with Crippen molar-refractivity contribution in [2.75, 3.05) is 38.7 Å². The average Bonchev–Trinajstić information content (AvgIpc) is 2.71. The standard InChI is InChI=1S/C22H32N2O4/c1-24(12-2-4-17-10-14-27-15-11-17)22(26)5-3-13-28-19-7-8-20-18(16-19)6-9-21(25)23-20/h7-8,16-17H,2-6,9-15H2,1H3,(H,23,25). The Kier molecular flexibility index (Phi) is 7.71. The molecule has 0 atom stereocenters. The van der Waals surface area contributed by atoms with Crippen LogP contribution in [0.2, 0.25) is 0 Å². The first-order chi connectivity index (χ1) is 13.6. The van der Waals surface area contributed by atoms with E-state index < -0.39 is 0 Å². The Labute approximate surface area is 167 Å². The highest BCUT2D eigenvalue weighted by molar-refractivity contribution is 5.94. The van der Waals surface area contributed by atoms with Crippen molar-refractivity contribution >= 4 is 17.5 Å². The van der Waals surface area contributed by atoms with E-state index in [4.69, 9.17) is 9.47 Å². The first kappa shape index (κ1) is 20.6. The summed E-state index contributed by atoms with van der Waals surface area (Å²) >= 11 is 0. The van der Waals surface area contributed by atoms with Crippen LogP contribution in [0.25, 0.3) is 0 Å². The van der Waals surface area contributed by atoms with Gasteiger partial charge in [0.2, 0.25) is 11.8 Å². The van der Waals surface area contributed by atoms with E-state index in [1.54, 1.807) is 0 Å². The van der Waals surface area contributed by atoms with E-state index in [-0.39, 0.29) is 11.8 Å². The summed E-state index contributed by atoms with van der Waals surface area (Å²) in [7, 11) is 1.89. The topological polar surface area (TPSA) is 67.9 Å². The molecule has 1 saturated heterocycles. The average molecular weight is 389 g/mol. The van der Waals surface area contributed by atoms with Crippen LogP contribution in [0.4, 0.5) is 5.69 Å². The minimum atomic E-state index is 0.0663. The van der Waals surface area contributed by atoms with Gasteiger partial charge in [-0.05, 0) is 68.2 Å². The summed E-state index contributed by atoms with van der Waals surface area (Å²) in [6.45, 7) is 3.12. The van der Waals surface area contributed by atoms with Crippen LogP contribution in [0.3, 0.4) is 0 Å². The molecule has 154 valence electrons. The largest absolute Gasteiger partial charge is 0.494 e. The SMILES string of the molecule is CN(CCCC1CCOCC1)C(=O)CCCOc1ccc2c(c1)CCC(=O)N2. The third-order valence-electron chi connectivity index (χ3n) is 5.65. The van der Waals surface area contributed by atoms with Gasteiger partial charge in [-0.3, -0.25) is 9.59 Å². The van der Waals surface area contributed by atoms with E-state index in [1.165, 1.54) is 6.42 Å². The number of aryl methyl sites for hydroxylation is 1. The minimum absolute atomic E-state index is 0.0663. The Hall–Kier alpha value is -2.08. The number of benzene rings is 1. The molecule has 1 fully saturated rings.